The van der Waals surface area contributed by atoms with Crippen LogP contribution in [0, 0.1) is 0 Å². The lowest BCUT2D eigenvalue weighted by Gasteiger charge is -2.05. The first-order valence-corrected chi connectivity index (χ1v) is 8.02. The number of allylic oxidation sites excluding steroid dienone is 2. The monoisotopic (exact) mass is 272 g/mol. The Kier molecular flexibility index (Phi) is 3.17. The third kappa shape index (κ3) is 2.19. The number of ketones is 1. The molecule has 90 valence electrons. The summed E-state index contributed by atoms with van der Waals surface area (Å²) in [5.74, 6) is 0.119. The number of hydrogen-bond acceptors (Lipinski definition) is 2. The second kappa shape index (κ2) is 4.96. The van der Waals surface area contributed by atoms with Crippen molar-refractivity contribution in [1.82, 2.24) is 0 Å². The number of rotatable bonds is 3. The van der Waals surface area contributed by atoms with Crippen molar-refractivity contribution in [2.45, 2.75) is 4.21 Å². The molecule has 2 aromatic rings. The molecule has 0 fully saturated rings. The third-order valence-electron chi connectivity index (χ3n) is 2.75. The Morgan fingerprint density at radius 1 is 1.06 bits per heavy atom. The van der Waals surface area contributed by atoms with Crippen molar-refractivity contribution in [3.05, 3.63) is 75.9 Å². The number of carbonyl (C=O) groups is 1. The summed E-state index contributed by atoms with van der Waals surface area (Å²) < 4.78 is 1.34. The summed E-state index contributed by atoms with van der Waals surface area (Å²) in [6, 6.07) is 13.6. The first-order valence-electron chi connectivity index (χ1n) is 5.66. The fourth-order valence-electron chi connectivity index (χ4n) is 1.84. The van der Waals surface area contributed by atoms with Crippen LogP contribution in [0.5, 0.6) is 0 Å². The van der Waals surface area contributed by atoms with Crippen molar-refractivity contribution in [3.63, 3.8) is 0 Å². The second-order valence-corrected chi connectivity index (χ2v) is 7.06. The molecular weight excluding hydrogens is 260 g/mol. The number of thiophene rings is 1. The summed E-state index contributed by atoms with van der Waals surface area (Å²) in [6.45, 7) is 0. The maximum Gasteiger partial charge on any atom is 0.193 e. The molecule has 0 N–H and O–H groups in total. The maximum atomic E-state index is 12.3. The van der Waals surface area contributed by atoms with Gasteiger partial charge in [-0.1, -0.05) is 36.4 Å². The predicted octanol–water partition coefficient (Wildman–Crippen LogP) is 4.40. The number of benzene rings is 1. The Labute approximate surface area is 113 Å². The van der Waals surface area contributed by atoms with E-state index in [0.29, 0.717) is 0 Å². The van der Waals surface area contributed by atoms with Gasteiger partial charge in [-0.25, -0.2) is 0 Å². The Bertz CT molecular complexity index is 609. The van der Waals surface area contributed by atoms with Crippen molar-refractivity contribution in [2.24, 2.45) is 0 Å². The lowest BCUT2D eigenvalue weighted by atomic mass is 10.1. The molecule has 1 aliphatic heterocycles. The van der Waals surface area contributed by atoms with Crippen LogP contribution in [0.4, 0.5) is 0 Å². The number of carbonyl (C=O) groups excluding carboxylic acids is 1. The van der Waals surface area contributed by atoms with Gasteiger partial charge in [0, 0.05) is 15.3 Å². The van der Waals surface area contributed by atoms with E-state index in [1.807, 2.05) is 36.4 Å². The minimum absolute atomic E-state index is 0.119. The van der Waals surface area contributed by atoms with Crippen molar-refractivity contribution in [2.75, 3.05) is 0 Å². The number of hydrogen-bond donors (Lipinski definition) is 1. The van der Waals surface area contributed by atoms with E-state index in [2.05, 4.69) is 28.3 Å². The van der Waals surface area contributed by atoms with Crippen LogP contribution in [-0.2, 0) is 0 Å². The van der Waals surface area contributed by atoms with Gasteiger partial charge < -0.3 is 0 Å². The smallest absolute Gasteiger partial charge is 0.193 e. The van der Waals surface area contributed by atoms with Crippen LogP contribution in [0.3, 0.4) is 0 Å². The summed E-state index contributed by atoms with van der Waals surface area (Å²) in [5.41, 5.74) is 1.58. The Balaban J connectivity index is 1.85. The van der Waals surface area contributed by atoms with Crippen LogP contribution in [0.25, 0.3) is 0 Å². The Morgan fingerprint density at radius 2 is 1.89 bits per heavy atom. The first kappa shape index (κ1) is 11.5. The lowest BCUT2D eigenvalue weighted by Crippen LogP contribution is -1.99. The highest BCUT2D eigenvalue weighted by Crippen LogP contribution is 2.46. The zero-order chi connectivity index (χ0) is 12.4. The van der Waals surface area contributed by atoms with Crippen LogP contribution < -0.4 is 0 Å². The third-order valence-corrected chi connectivity index (χ3v) is 6.06. The molecule has 1 aliphatic rings. The molecule has 1 atom stereocenters. The molecule has 0 spiro atoms. The minimum atomic E-state index is -0.410. The highest BCUT2D eigenvalue weighted by molar-refractivity contribution is 8.23. The molecule has 1 aromatic carbocycles. The topological polar surface area (TPSA) is 17.1 Å². The van der Waals surface area contributed by atoms with E-state index in [0.717, 1.165) is 11.1 Å². The van der Waals surface area contributed by atoms with Gasteiger partial charge >= 0.3 is 0 Å². The standard InChI is InChI=1S/C15H12OS2/c16-15(12-5-2-1-3-6-12)13-8-10-18(11-13)14-7-4-9-17-14/h1-11,18H. The molecule has 0 aliphatic carbocycles. The molecule has 0 saturated heterocycles. The predicted molar refractivity (Wildman–Crippen MR) is 79.6 cm³/mol. The van der Waals surface area contributed by atoms with Crippen molar-refractivity contribution >= 4 is 28.0 Å². The van der Waals surface area contributed by atoms with E-state index < -0.39 is 10.9 Å². The number of Topliss-reactive ketones (excluding diaryl/α,β-unsaturated/α-hetero) is 1. The fourth-order valence-corrected chi connectivity index (χ4v) is 4.75. The summed E-state index contributed by atoms with van der Waals surface area (Å²) in [7, 11) is -0.410. The van der Waals surface area contributed by atoms with Crippen molar-refractivity contribution in [3.8, 4) is 0 Å². The minimum Gasteiger partial charge on any atom is -0.289 e. The molecule has 0 amide bonds. The molecular formula is C15H12OS2. The summed E-state index contributed by atoms with van der Waals surface area (Å²) >= 11 is 1.75. The molecule has 0 radical (unpaired) electrons. The quantitative estimate of drug-likeness (QED) is 0.647. The van der Waals surface area contributed by atoms with Gasteiger partial charge in [0.1, 0.15) is 0 Å². The fraction of sp³-hybridized carbons (Fsp3) is 0. The highest BCUT2D eigenvalue weighted by atomic mass is 32.2. The van der Waals surface area contributed by atoms with Crippen LogP contribution in [0.15, 0.2) is 74.5 Å². The van der Waals surface area contributed by atoms with Crippen molar-refractivity contribution in [1.29, 1.82) is 0 Å². The lowest BCUT2D eigenvalue weighted by molar-refractivity contribution is 0.103. The van der Waals surface area contributed by atoms with E-state index in [1.165, 1.54) is 4.21 Å². The molecule has 18 heavy (non-hydrogen) atoms. The van der Waals surface area contributed by atoms with E-state index >= 15 is 0 Å². The van der Waals surface area contributed by atoms with Gasteiger partial charge in [0.25, 0.3) is 0 Å². The van der Waals surface area contributed by atoms with Gasteiger partial charge in [0.2, 0.25) is 0 Å². The molecule has 3 heteroatoms. The van der Waals surface area contributed by atoms with Crippen LogP contribution in [-0.4, -0.2) is 5.78 Å². The molecule has 1 unspecified atom stereocenters. The van der Waals surface area contributed by atoms with Crippen molar-refractivity contribution < 1.29 is 4.79 Å². The van der Waals surface area contributed by atoms with Gasteiger partial charge in [-0.2, -0.15) is 10.9 Å². The first-order chi connectivity index (χ1) is 8.84. The van der Waals surface area contributed by atoms with E-state index in [4.69, 9.17) is 0 Å². The SMILES string of the molecule is O=C(C1=C[SH](c2cccs2)C=C1)c1ccccc1. The van der Waals surface area contributed by atoms with Crippen LogP contribution >= 0.6 is 22.2 Å². The normalized spacial score (nSPS) is 19.8. The zero-order valence-corrected chi connectivity index (χ0v) is 11.3. The second-order valence-electron chi connectivity index (χ2n) is 3.95. The van der Waals surface area contributed by atoms with Crippen LogP contribution in [0.1, 0.15) is 10.4 Å². The molecule has 0 saturated carbocycles. The van der Waals surface area contributed by atoms with E-state index in [-0.39, 0.29) is 5.78 Å². The number of thiol groups is 1. The summed E-state index contributed by atoms with van der Waals surface area (Å²) in [5, 5.41) is 6.34. The zero-order valence-electron chi connectivity index (χ0n) is 9.61. The largest absolute Gasteiger partial charge is 0.289 e. The van der Waals surface area contributed by atoms with Gasteiger partial charge in [-0.3, -0.25) is 4.79 Å². The van der Waals surface area contributed by atoms with Crippen LogP contribution in [0.2, 0.25) is 0 Å². The van der Waals surface area contributed by atoms with E-state index in [1.54, 1.807) is 11.3 Å². The van der Waals surface area contributed by atoms with Gasteiger partial charge in [0.15, 0.2) is 5.78 Å². The molecule has 1 nitrogen and oxygen atoms in total. The van der Waals surface area contributed by atoms with E-state index in [9.17, 15) is 4.79 Å². The Morgan fingerprint density at radius 3 is 2.61 bits per heavy atom. The average molecular weight is 272 g/mol. The highest BCUT2D eigenvalue weighted by Gasteiger charge is 2.16. The molecule has 1 aromatic heterocycles. The maximum absolute atomic E-state index is 12.3. The van der Waals surface area contributed by atoms with Gasteiger partial charge in [-0.05, 0) is 28.3 Å². The summed E-state index contributed by atoms with van der Waals surface area (Å²) in [4.78, 5) is 12.3. The summed E-state index contributed by atoms with van der Waals surface area (Å²) in [6.07, 6.45) is 1.96. The molecule has 0 bridgehead atoms. The van der Waals surface area contributed by atoms with Gasteiger partial charge in [-0.15, -0.1) is 11.3 Å². The molecule has 3 rings (SSSR count). The average Bonchev–Trinajstić information content (AvgIpc) is 3.09. The molecule has 2 heterocycles. The Hall–Kier alpha value is -1.58. The van der Waals surface area contributed by atoms with Gasteiger partial charge in [0.05, 0.1) is 0 Å².